The van der Waals surface area contributed by atoms with Gasteiger partial charge in [-0.2, -0.15) is 0 Å². The Labute approximate surface area is 108 Å². The maximum absolute atomic E-state index is 10.3. The Morgan fingerprint density at radius 1 is 1.12 bits per heavy atom. The van der Waals surface area contributed by atoms with Gasteiger partial charge in [0.25, 0.3) is 0 Å². The van der Waals surface area contributed by atoms with Crippen molar-refractivity contribution in [3.8, 4) is 0 Å². The van der Waals surface area contributed by atoms with Crippen molar-refractivity contribution in [1.82, 2.24) is 0 Å². The second-order valence-electron chi connectivity index (χ2n) is 7.27. The van der Waals surface area contributed by atoms with E-state index in [-0.39, 0.29) is 6.10 Å². The van der Waals surface area contributed by atoms with Gasteiger partial charge in [0.1, 0.15) is 0 Å². The van der Waals surface area contributed by atoms with Crippen LogP contribution in [0.5, 0.6) is 0 Å². The molecule has 102 valence electrons. The summed E-state index contributed by atoms with van der Waals surface area (Å²) in [6.45, 7) is 9.28. The van der Waals surface area contributed by atoms with Gasteiger partial charge in [-0.05, 0) is 49.4 Å². The van der Waals surface area contributed by atoms with E-state index < -0.39 is 0 Å². The molecule has 0 amide bonds. The fourth-order valence-electron chi connectivity index (χ4n) is 3.50. The van der Waals surface area contributed by atoms with Gasteiger partial charge in [0.05, 0.1) is 6.10 Å². The summed E-state index contributed by atoms with van der Waals surface area (Å²) in [6, 6.07) is 0. The minimum atomic E-state index is -0.0401. The van der Waals surface area contributed by atoms with Crippen LogP contribution < -0.4 is 0 Å². The van der Waals surface area contributed by atoms with E-state index in [1.54, 1.807) is 0 Å². The molecular formula is C16H32O. The highest BCUT2D eigenvalue weighted by atomic mass is 16.3. The highest BCUT2D eigenvalue weighted by Gasteiger charge is 2.25. The van der Waals surface area contributed by atoms with E-state index >= 15 is 0 Å². The van der Waals surface area contributed by atoms with E-state index in [0.29, 0.717) is 11.3 Å². The molecule has 1 fully saturated rings. The van der Waals surface area contributed by atoms with Crippen LogP contribution in [0, 0.1) is 17.3 Å². The summed E-state index contributed by atoms with van der Waals surface area (Å²) in [7, 11) is 0. The Morgan fingerprint density at radius 2 is 1.71 bits per heavy atom. The molecule has 1 rings (SSSR count). The third kappa shape index (κ3) is 5.90. The molecule has 1 unspecified atom stereocenters. The van der Waals surface area contributed by atoms with Crippen molar-refractivity contribution in [3.63, 3.8) is 0 Å². The topological polar surface area (TPSA) is 20.2 Å². The zero-order valence-corrected chi connectivity index (χ0v) is 12.3. The lowest BCUT2D eigenvalue weighted by Crippen LogP contribution is -2.25. The van der Waals surface area contributed by atoms with Crippen LogP contribution in [0.4, 0.5) is 0 Å². The first-order valence-corrected chi connectivity index (χ1v) is 7.59. The molecule has 1 atom stereocenters. The van der Waals surface area contributed by atoms with Crippen LogP contribution >= 0.6 is 0 Å². The molecule has 17 heavy (non-hydrogen) atoms. The lowest BCUT2D eigenvalue weighted by atomic mass is 9.77. The van der Waals surface area contributed by atoms with Crippen molar-refractivity contribution in [2.45, 2.75) is 85.2 Å². The number of aliphatic hydroxyl groups excluding tert-OH is 1. The molecule has 0 aromatic carbocycles. The fraction of sp³-hybridized carbons (Fsp3) is 1.00. The predicted octanol–water partition coefficient (Wildman–Crippen LogP) is 4.78. The van der Waals surface area contributed by atoms with Gasteiger partial charge >= 0.3 is 0 Å². The fourth-order valence-corrected chi connectivity index (χ4v) is 3.50. The van der Waals surface area contributed by atoms with Gasteiger partial charge in [0.2, 0.25) is 0 Å². The van der Waals surface area contributed by atoms with E-state index in [4.69, 9.17) is 0 Å². The average molecular weight is 240 g/mol. The normalized spacial score (nSPS) is 20.8. The Morgan fingerprint density at radius 3 is 2.24 bits per heavy atom. The van der Waals surface area contributed by atoms with Gasteiger partial charge in [-0.15, -0.1) is 0 Å². The zero-order valence-electron chi connectivity index (χ0n) is 12.3. The zero-order chi connectivity index (χ0) is 12.9. The molecule has 1 aliphatic rings. The van der Waals surface area contributed by atoms with Crippen LogP contribution in [0.3, 0.4) is 0 Å². The summed E-state index contributed by atoms with van der Waals surface area (Å²) in [5, 5.41) is 10.3. The molecule has 1 saturated carbocycles. The smallest absolute Gasteiger partial charge is 0.0568 e. The molecular weight excluding hydrogens is 208 g/mol. The molecule has 1 nitrogen and oxygen atoms in total. The second-order valence-corrected chi connectivity index (χ2v) is 7.27. The maximum Gasteiger partial charge on any atom is 0.0568 e. The summed E-state index contributed by atoms with van der Waals surface area (Å²) in [4.78, 5) is 0. The molecule has 0 aromatic rings. The van der Waals surface area contributed by atoms with Crippen molar-refractivity contribution >= 4 is 0 Å². The molecule has 0 saturated heterocycles. The minimum absolute atomic E-state index is 0.0401. The van der Waals surface area contributed by atoms with E-state index in [0.717, 1.165) is 12.3 Å². The molecule has 0 aliphatic heterocycles. The van der Waals surface area contributed by atoms with E-state index in [1.165, 1.54) is 44.9 Å². The number of aliphatic hydroxyl groups is 1. The molecule has 1 N–H and O–H groups in total. The summed E-state index contributed by atoms with van der Waals surface area (Å²) in [6.07, 6.45) is 9.95. The Bertz CT molecular complexity index is 202. The van der Waals surface area contributed by atoms with E-state index in [1.807, 2.05) is 0 Å². The quantitative estimate of drug-likeness (QED) is 0.708. The van der Waals surface area contributed by atoms with E-state index in [9.17, 15) is 5.11 Å². The summed E-state index contributed by atoms with van der Waals surface area (Å²) < 4.78 is 0. The third-order valence-electron chi connectivity index (χ3n) is 4.27. The third-order valence-corrected chi connectivity index (χ3v) is 4.27. The molecule has 1 heteroatoms. The second kappa shape index (κ2) is 6.78. The summed E-state index contributed by atoms with van der Waals surface area (Å²) in [5.41, 5.74) is 0.393. The van der Waals surface area contributed by atoms with Gasteiger partial charge in [-0.1, -0.05) is 47.0 Å². The number of hydrogen-bond donors (Lipinski definition) is 1. The molecule has 0 bridgehead atoms. The average Bonchev–Trinajstić information content (AvgIpc) is 2.25. The minimum Gasteiger partial charge on any atom is -0.393 e. The number of rotatable bonds is 6. The lowest BCUT2D eigenvalue weighted by Gasteiger charge is -2.31. The van der Waals surface area contributed by atoms with Gasteiger partial charge in [0, 0.05) is 0 Å². The monoisotopic (exact) mass is 240 g/mol. The maximum atomic E-state index is 10.3. The Hall–Kier alpha value is -0.0400. The summed E-state index contributed by atoms with van der Waals surface area (Å²) >= 11 is 0. The van der Waals surface area contributed by atoms with Crippen LogP contribution in [0.2, 0.25) is 0 Å². The SMILES string of the molecule is CC(C)CC(C)(C)CCC(O)C1CCCCC1. The van der Waals surface area contributed by atoms with Gasteiger partial charge in [0.15, 0.2) is 0 Å². The van der Waals surface area contributed by atoms with Crippen molar-refractivity contribution in [3.05, 3.63) is 0 Å². The molecule has 0 aromatic heterocycles. The Balaban J connectivity index is 2.28. The molecule has 0 radical (unpaired) electrons. The van der Waals surface area contributed by atoms with Crippen LogP contribution in [-0.4, -0.2) is 11.2 Å². The lowest BCUT2D eigenvalue weighted by molar-refractivity contribution is 0.0626. The molecule has 0 heterocycles. The van der Waals surface area contributed by atoms with Gasteiger partial charge in [-0.25, -0.2) is 0 Å². The standard InChI is InChI=1S/C16H32O/c1-13(2)12-16(3,4)11-10-15(17)14-8-6-5-7-9-14/h13-15,17H,5-12H2,1-4H3. The van der Waals surface area contributed by atoms with Gasteiger partial charge in [-0.3, -0.25) is 0 Å². The Kier molecular flexibility index (Phi) is 5.99. The van der Waals surface area contributed by atoms with Crippen LogP contribution in [0.1, 0.15) is 79.1 Å². The van der Waals surface area contributed by atoms with Crippen molar-refractivity contribution in [2.24, 2.45) is 17.3 Å². The molecule has 0 spiro atoms. The first kappa shape index (κ1) is 15.0. The van der Waals surface area contributed by atoms with Crippen molar-refractivity contribution < 1.29 is 5.11 Å². The highest BCUT2D eigenvalue weighted by Crippen LogP contribution is 2.34. The first-order valence-electron chi connectivity index (χ1n) is 7.59. The first-order chi connectivity index (χ1) is 7.91. The van der Waals surface area contributed by atoms with E-state index in [2.05, 4.69) is 27.7 Å². The van der Waals surface area contributed by atoms with Crippen molar-refractivity contribution in [2.75, 3.05) is 0 Å². The highest BCUT2D eigenvalue weighted by molar-refractivity contribution is 4.77. The van der Waals surface area contributed by atoms with Crippen LogP contribution in [0.15, 0.2) is 0 Å². The van der Waals surface area contributed by atoms with Crippen LogP contribution in [-0.2, 0) is 0 Å². The number of hydrogen-bond acceptors (Lipinski definition) is 1. The summed E-state index contributed by atoms with van der Waals surface area (Å²) in [5.74, 6) is 1.36. The van der Waals surface area contributed by atoms with Crippen molar-refractivity contribution in [1.29, 1.82) is 0 Å². The van der Waals surface area contributed by atoms with Crippen LogP contribution in [0.25, 0.3) is 0 Å². The van der Waals surface area contributed by atoms with Gasteiger partial charge < -0.3 is 5.11 Å². The largest absolute Gasteiger partial charge is 0.393 e. The molecule has 1 aliphatic carbocycles. The predicted molar refractivity (Wildman–Crippen MR) is 75.1 cm³/mol.